The Hall–Kier alpha value is -1.63. The van der Waals surface area contributed by atoms with Crippen molar-refractivity contribution >= 4 is 11.9 Å². The summed E-state index contributed by atoms with van der Waals surface area (Å²) in [4.78, 5) is 13.4. The van der Waals surface area contributed by atoms with Crippen LogP contribution in [0.1, 0.15) is 25.7 Å². The number of aromatic nitrogens is 2. The molecule has 3 rings (SSSR count). The molecule has 1 unspecified atom stereocenters. The Morgan fingerprint density at radius 3 is 3.11 bits per heavy atom. The lowest BCUT2D eigenvalue weighted by Gasteiger charge is -2.30. The van der Waals surface area contributed by atoms with Gasteiger partial charge in [-0.05, 0) is 19.8 Å². The van der Waals surface area contributed by atoms with Gasteiger partial charge in [0.2, 0.25) is 11.8 Å². The minimum absolute atomic E-state index is 0.00268. The molecule has 2 heterocycles. The second kappa shape index (κ2) is 4.56. The van der Waals surface area contributed by atoms with Gasteiger partial charge < -0.3 is 20.0 Å². The van der Waals surface area contributed by atoms with Crippen LogP contribution in [0.4, 0.5) is 6.01 Å². The molecule has 0 spiro atoms. The summed E-state index contributed by atoms with van der Waals surface area (Å²) in [7, 11) is 0. The first kappa shape index (κ1) is 11.5. The molecule has 1 aromatic heterocycles. The van der Waals surface area contributed by atoms with Crippen molar-refractivity contribution in [1.29, 1.82) is 0 Å². The fraction of sp³-hybridized carbons (Fsp3) is 0.727. The SMILES string of the molecule is CC1C(=O)NCCN1c1nnc(CNC2CC2)o1. The minimum atomic E-state index is -0.261. The zero-order chi connectivity index (χ0) is 12.5. The van der Waals surface area contributed by atoms with Gasteiger partial charge in [-0.1, -0.05) is 5.10 Å². The lowest BCUT2D eigenvalue weighted by Crippen LogP contribution is -2.54. The van der Waals surface area contributed by atoms with Crippen molar-refractivity contribution in [3.8, 4) is 0 Å². The Morgan fingerprint density at radius 1 is 1.50 bits per heavy atom. The van der Waals surface area contributed by atoms with Crippen LogP contribution in [0.5, 0.6) is 0 Å². The molecule has 0 aromatic carbocycles. The highest BCUT2D eigenvalue weighted by molar-refractivity contribution is 5.85. The van der Waals surface area contributed by atoms with Crippen LogP contribution in [0.3, 0.4) is 0 Å². The van der Waals surface area contributed by atoms with Crippen molar-refractivity contribution in [3.05, 3.63) is 5.89 Å². The molecular formula is C11H17N5O2. The number of rotatable bonds is 4. The second-order valence-electron chi connectivity index (χ2n) is 4.79. The van der Waals surface area contributed by atoms with Crippen LogP contribution in [0, 0.1) is 0 Å². The van der Waals surface area contributed by atoms with Gasteiger partial charge in [0.25, 0.3) is 0 Å². The van der Waals surface area contributed by atoms with E-state index in [2.05, 4.69) is 20.8 Å². The molecule has 2 fully saturated rings. The summed E-state index contributed by atoms with van der Waals surface area (Å²) in [6, 6.07) is 0.786. The van der Waals surface area contributed by atoms with E-state index in [4.69, 9.17) is 4.42 Å². The number of carbonyl (C=O) groups excluding carboxylic acids is 1. The van der Waals surface area contributed by atoms with E-state index in [0.717, 1.165) is 0 Å². The van der Waals surface area contributed by atoms with E-state index < -0.39 is 0 Å². The van der Waals surface area contributed by atoms with Gasteiger partial charge in [0.1, 0.15) is 6.04 Å². The molecule has 1 aromatic rings. The predicted octanol–water partition coefficient (Wildman–Crippen LogP) is -0.354. The first-order chi connectivity index (χ1) is 8.74. The van der Waals surface area contributed by atoms with Gasteiger partial charge in [-0.2, -0.15) is 0 Å². The van der Waals surface area contributed by atoms with E-state index >= 15 is 0 Å². The number of amides is 1. The van der Waals surface area contributed by atoms with Crippen LogP contribution in [0.15, 0.2) is 4.42 Å². The highest BCUT2D eigenvalue weighted by Gasteiger charge is 2.29. The van der Waals surface area contributed by atoms with Gasteiger partial charge in [0.05, 0.1) is 6.54 Å². The van der Waals surface area contributed by atoms with Gasteiger partial charge in [-0.15, -0.1) is 5.10 Å². The standard InChI is InChI=1S/C11H17N5O2/c1-7-10(17)12-4-5-16(7)11-15-14-9(18-11)6-13-8-2-3-8/h7-8,13H,2-6H2,1H3,(H,12,17). The highest BCUT2D eigenvalue weighted by Crippen LogP contribution is 2.20. The van der Waals surface area contributed by atoms with Gasteiger partial charge in [0, 0.05) is 19.1 Å². The summed E-state index contributed by atoms with van der Waals surface area (Å²) in [6.45, 7) is 3.75. The normalized spacial score (nSPS) is 24.2. The third-order valence-electron chi connectivity index (χ3n) is 3.32. The summed E-state index contributed by atoms with van der Waals surface area (Å²) < 4.78 is 5.58. The first-order valence-electron chi connectivity index (χ1n) is 6.34. The van der Waals surface area contributed by atoms with E-state index in [1.165, 1.54) is 12.8 Å². The van der Waals surface area contributed by atoms with Crippen molar-refractivity contribution in [2.45, 2.75) is 38.4 Å². The summed E-state index contributed by atoms with van der Waals surface area (Å²) in [6.07, 6.45) is 2.45. The molecular weight excluding hydrogens is 234 g/mol. The van der Waals surface area contributed by atoms with Crippen LogP contribution < -0.4 is 15.5 Å². The largest absolute Gasteiger partial charge is 0.407 e. The lowest BCUT2D eigenvalue weighted by atomic mass is 10.2. The number of piperazine rings is 1. The summed E-state index contributed by atoms with van der Waals surface area (Å²) in [5, 5.41) is 14.1. The fourth-order valence-corrected chi connectivity index (χ4v) is 2.00. The van der Waals surface area contributed by atoms with E-state index in [1.54, 1.807) is 0 Å². The Bertz CT molecular complexity index is 442. The van der Waals surface area contributed by atoms with Crippen molar-refractivity contribution in [2.24, 2.45) is 0 Å². The molecule has 1 saturated heterocycles. The number of hydrogen-bond donors (Lipinski definition) is 2. The Kier molecular flexibility index (Phi) is 2.91. The number of hydrogen-bond acceptors (Lipinski definition) is 6. The van der Waals surface area contributed by atoms with E-state index in [0.29, 0.717) is 37.6 Å². The molecule has 7 heteroatoms. The van der Waals surface area contributed by atoms with Crippen LogP contribution in [0.25, 0.3) is 0 Å². The maximum Gasteiger partial charge on any atom is 0.318 e. The van der Waals surface area contributed by atoms with Gasteiger partial charge in [-0.3, -0.25) is 4.79 Å². The molecule has 0 radical (unpaired) electrons. The molecule has 1 aliphatic heterocycles. The molecule has 7 nitrogen and oxygen atoms in total. The minimum Gasteiger partial charge on any atom is -0.407 e. The number of anilines is 1. The second-order valence-corrected chi connectivity index (χ2v) is 4.79. The molecule has 18 heavy (non-hydrogen) atoms. The lowest BCUT2D eigenvalue weighted by molar-refractivity contribution is -0.123. The first-order valence-corrected chi connectivity index (χ1v) is 6.34. The third-order valence-corrected chi connectivity index (χ3v) is 3.32. The number of nitrogens with zero attached hydrogens (tertiary/aromatic N) is 3. The molecule has 2 N–H and O–H groups in total. The zero-order valence-corrected chi connectivity index (χ0v) is 10.3. The highest BCUT2D eigenvalue weighted by atomic mass is 16.4. The van der Waals surface area contributed by atoms with Crippen molar-refractivity contribution in [1.82, 2.24) is 20.8 Å². The summed E-state index contributed by atoms with van der Waals surface area (Å²) >= 11 is 0. The average Bonchev–Trinajstić information content (AvgIpc) is 3.08. The van der Waals surface area contributed by atoms with Crippen LogP contribution in [-0.2, 0) is 11.3 Å². The van der Waals surface area contributed by atoms with Crippen LogP contribution >= 0.6 is 0 Å². The zero-order valence-electron chi connectivity index (χ0n) is 10.3. The van der Waals surface area contributed by atoms with Crippen molar-refractivity contribution in [2.75, 3.05) is 18.0 Å². The maximum atomic E-state index is 11.6. The van der Waals surface area contributed by atoms with Gasteiger partial charge in [-0.25, -0.2) is 0 Å². The topological polar surface area (TPSA) is 83.3 Å². The van der Waals surface area contributed by atoms with Crippen LogP contribution in [0.2, 0.25) is 0 Å². The number of carbonyl (C=O) groups is 1. The van der Waals surface area contributed by atoms with E-state index in [1.807, 2.05) is 11.8 Å². The quantitative estimate of drug-likeness (QED) is 0.761. The third kappa shape index (κ3) is 2.31. The van der Waals surface area contributed by atoms with E-state index in [9.17, 15) is 4.79 Å². The predicted molar refractivity (Wildman–Crippen MR) is 64.0 cm³/mol. The molecule has 1 aliphatic carbocycles. The number of nitrogens with one attached hydrogen (secondary N) is 2. The summed E-state index contributed by atoms with van der Waals surface area (Å²) in [5.74, 6) is 0.576. The van der Waals surface area contributed by atoms with Gasteiger partial charge >= 0.3 is 6.01 Å². The van der Waals surface area contributed by atoms with Crippen molar-refractivity contribution in [3.63, 3.8) is 0 Å². The fourth-order valence-electron chi connectivity index (χ4n) is 2.00. The van der Waals surface area contributed by atoms with Crippen molar-refractivity contribution < 1.29 is 9.21 Å². The van der Waals surface area contributed by atoms with E-state index in [-0.39, 0.29) is 11.9 Å². The molecule has 1 amide bonds. The molecule has 98 valence electrons. The Morgan fingerprint density at radius 2 is 2.33 bits per heavy atom. The maximum absolute atomic E-state index is 11.6. The average molecular weight is 251 g/mol. The van der Waals surface area contributed by atoms with Crippen LogP contribution in [-0.4, -0.2) is 41.3 Å². The Balaban J connectivity index is 1.65. The Labute approximate surface area is 105 Å². The summed E-state index contributed by atoms with van der Waals surface area (Å²) in [5.41, 5.74) is 0. The monoisotopic (exact) mass is 251 g/mol. The molecule has 1 atom stereocenters. The smallest absolute Gasteiger partial charge is 0.318 e. The van der Waals surface area contributed by atoms with Gasteiger partial charge in [0.15, 0.2) is 0 Å². The molecule has 2 aliphatic rings. The molecule has 0 bridgehead atoms. The molecule has 1 saturated carbocycles.